The lowest BCUT2D eigenvalue weighted by molar-refractivity contribution is 0.0420. The van der Waals surface area contributed by atoms with Crippen molar-refractivity contribution in [3.63, 3.8) is 0 Å². The normalized spacial score (nSPS) is 13.6. The van der Waals surface area contributed by atoms with Crippen LogP contribution >= 0.6 is 0 Å². The van der Waals surface area contributed by atoms with Gasteiger partial charge in [0.25, 0.3) is 10.1 Å². The highest BCUT2D eigenvalue weighted by molar-refractivity contribution is 7.85. The zero-order chi connectivity index (χ0) is 20.9. The topological polar surface area (TPSA) is 96.7 Å². The van der Waals surface area contributed by atoms with Gasteiger partial charge < -0.3 is 9.84 Å². The highest BCUT2D eigenvalue weighted by Crippen LogP contribution is 2.25. The molecule has 0 bridgehead atoms. The van der Waals surface area contributed by atoms with Gasteiger partial charge in [0.1, 0.15) is 11.9 Å². The van der Waals surface area contributed by atoms with E-state index in [4.69, 9.17) is 4.74 Å². The predicted molar refractivity (Wildman–Crippen MR) is 110 cm³/mol. The number of benzene rings is 2. The number of aromatic nitrogens is 1. The molecule has 0 aliphatic heterocycles. The van der Waals surface area contributed by atoms with Crippen LogP contribution in [-0.4, -0.2) is 35.3 Å². The number of ether oxygens (including phenoxy) is 1. The third-order valence-electron chi connectivity index (χ3n) is 4.63. The summed E-state index contributed by atoms with van der Waals surface area (Å²) >= 11 is 0. The van der Waals surface area contributed by atoms with Crippen LogP contribution in [0, 0.1) is 0 Å². The van der Waals surface area contributed by atoms with Crippen LogP contribution in [0.4, 0.5) is 0 Å². The molecule has 6 nitrogen and oxygen atoms in total. The summed E-state index contributed by atoms with van der Waals surface area (Å²) in [6.07, 6.45) is 3.77. The fraction of sp³-hybridized carbons (Fsp3) is 0.227. The monoisotopic (exact) mass is 413 g/mol. The Morgan fingerprint density at radius 2 is 1.79 bits per heavy atom. The molecular formula is C22H23NO5S. The van der Waals surface area contributed by atoms with Crippen LogP contribution in [0.5, 0.6) is 5.75 Å². The van der Waals surface area contributed by atoms with Crippen molar-refractivity contribution in [3.05, 3.63) is 78.6 Å². The summed E-state index contributed by atoms with van der Waals surface area (Å²) in [4.78, 5) is 3.91. The molecule has 2 aromatic carbocycles. The van der Waals surface area contributed by atoms with Crippen LogP contribution in [0.3, 0.4) is 0 Å². The molecule has 1 unspecified atom stereocenters. The number of aryl methyl sites for hydroxylation is 1. The summed E-state index contributed by atoms with van der Waals surface area (Å²) in [5.41, 5.74) is 2.51. The van der Waals surface area contributed by atoms with Gasteiger partial charge in [-0.1, -0.05) is 30.3 Å². The van der Waals surface area contributed by atoms with Crippen LogP contribution in [0.1, 0.15) is 18.9 Å². The molecule has 0 saturated carbocycles. The van der Waals surface area contributed by atoms with E-state index >= 15 is 0 Å². The van der Waals surface area contributed by atoms with E-state index in [1.165, 1.54) is 12.1 Å². The third kappa shape index (κ3) is 5.87. The fourth-order valence-electron chi connectivity index (χ4n) is 2.95. The van der Waals surface area contributed by atoms with Crippen LogP contribution in [-0.2, 0) is 16.5 Å². The van der Waals surface area contributed by atoms with E-state index in [1.54, 1.807) is 48.8 Å². The van der Waals surface area contributed by atoms with Crippen molar-refractivity contribution in [2.45, 2.75) is 36.9 Å². The number of rotatable bonds is 8. The molecule has 3 aromatic rings. The molecule has 7 heteroatoms. The van der Waals surface area contributed by atoms with Gasteiger partial charge in [-0.25, -0.2) is 0 Å². The van der Waals surface area contributed by atoms with Gasteiger partial charge >= 0.3 is 0 Å². The average molecular weight is 413 g/mol. The van der Waals surface area contributed by atoms with Crippen molar-refractivity contribution in [2.24, 2.45) is 0 Å². The molecule has 2 N–H and O–H groups in total. The lowest BCUT2D eigenvalue weighted by Gasteiger charge is -2.20. The Labute approximate surface area is 170 Å². The lowest BCUT2D eigenvalue weighted by atomic mass is 10.0. The maximum Gasteiger partial charge on any atom is 0.294 e. The molecular weight excluding hydrogens is 390 g/mol. The molecule has 2 atom stereocenters. The molecule has 0 spiro atoms. The average Bonchev–Trinajstić information content (AvgIpc) is 2.73. The van der Waals surface area contributed by atoms with Crippen LogP contribution < -0.4 is 4.74 Å². The van der Waals surface area contributed by atoms with E-state index in [0.29, 0.717) is 24.2 Å². The second-order valence-electron chi connectivity index (χ2n) is 6.82. The minimum Gasteiger partial charge on any atom is -0.488 e. The summed E-state index contributed by atoms with van der Waals surface area (Å²) in [5.74, 6) is 0.604. The highest BCUT2D eigenvalue weighted by Gasteiger charge is 2.16. The van der Waals surface area contributed by atoms with E-state index < -0.39 is 16.2 Å². The molecule has 3 rings (SSSR count). The van der Waals surface area contributed by atoms with Gasteiger partial charge in [-0.3, -0.25) is 9.54 Å². The Morgan fingerprint density at radius 1 is 1.03 bits per heavy atom. The zero-order valence-electron chi connectivity index (χ0n) is 16.0. The van der Waals surface area contributed by atoms with Crippen molar-refractivity contribution >= 4 is 10.1 Å². The van der Waals surface area contributed by atoms with Gasteiger partial charge in [-0.05, 0) is 66.8 Å². The Bertz CT molecular complexity index is 1040. The summed E-state index contributed by atoms with van der Waals surface area (Å²) < 4.78 is 37.6. The SMILES string of the molecule is CC(Oc1ccc(-c2cccc(S(=O)(=O)O)c2)cc1)[C@H](O)CCc1cccnc1. The van der Waals surface area contributed by atoms with Crippen molar-refractivity contribution in [3.8, 4) is 16.9 Å². The second kappa shape index (κ2) is 9.17. The quantitative estimate of drug-likeness (QED) is 0.546. The first-order valence-electron chi connectivity index (χ1n) is 9.24. The Morgan fingerprint density at radius 3 is 2.45 bits per heavy atom. The minimum atomic E-state index is -4.25. The Hall–Kier alpha value is -2.74. The van der Waals surface area contributed by atoms with Crippen molar-refractivity contribution in [1.29, 1.82) is 0 Å². The van der Waals surface area contributed by atoms with Gasteiger partial charge in [-0.15, -0.1) is 0 Å². The molecule has 1 aromatic heterocycles. The first kappa shape index (κ1) is 21.0. The summed E-state index contributed by atoms with van der Waals surface area (Å²) in [5, 5.41) is 10.4. The Kier molecular flexibility index (Phi) is 6.64. The molecule has 152 valence electrons. The fourth-order valence-corrected chi connectivity index (χ4v) is 3.48. The zero-order valence-corrected chi connectivity index (χ0v) is 16.8. The van der Waals surface area contributed by atoms with Gasteiger partial charge in [-0.2, -0.15) is 8.42 Å². The maximum atomic E-state index is 11.3. The van der Waals surface area contributed by atoms with E-state index in [0.717, 1.165) is 11.1 Å². The number of pyridine rings is 1. The largest absolute Gasteiger partial charge is 0.488 e. The Balaban J connectivity index is 1.61. The van der Waals surface area contributed by atoms with E-state index in [2.05, 4.69) is 4.98 Å². The van der Waals surface area contributed by atoms with Crippen molar-refractivity contribution in [1.82, 2.24) is 4.98 Å². The minimum absolute atomic E-state index is 0.152. The van der Waals surface area contributed by atoms with E-state index in [9.17, 15) is 18.1 Å². The molecule has 0 aliphatic carbocycles. The predicted octanol–water partition coefficient (Wildman–Crippen LogP) is 3.76. The van der Waals surface area contributed by atoms with E-state index in [-0.39, 0.29) is 11.0 Å². The van der Waals surface area contributed by atoms with Crippen LogP contribution in [0.15, 0.2) is 78.0 Å². The number of hydrogen-bond donors (Lipinski definition) is 2. The first-order chi connectivity index (χ1) is 13.8. The van der Waals surface area contributed by atoms with Crippen LogP contribution in [0.25, 0.3) is 11.1 Å². The lowest BCUT2D eigenvalue weighted by Crippen LogP contribution is -2.29. The molecule has 1 heterocycles. The summed E-state index contributed by atoms with van der Waals surface area (Å²) in [6.45, 7) is 1.82. The number of hydrogen-bond acceptors (Lipinski definition) is 5. The van der Waals surface area contributed by atoms with Gasteiger partial charge in [0.05, 0.1) is 11.0 Å². The number of aliphatic hydroxyl groups excluding tert-OH is 1. The standard InChI is InChI=1S/C22H23NO5S/c1-16(22(24)12-7-17-4-3-13-23-15-17)28-20-10-8-18(9-11-20)19-5-2-6-21(14-19)29(25,26)27/h2-6,8-11,13-16,22,24H,7,12H2,1H3,(H,25,26,27)/t16?,22-/m1/s1. The van der Waals surface area contributed by atoms with E-state index in [1.807, 2.05) is 19.1 Å². The van der Waals surface area contributed by atoms with Crippen molar-refractivity contribution < 1.29 is 22.8 Å². The number of aliphatic hydroxyl groups is 1. The second-order valence-corrected chi connectivity index (χ2v) is 8.24. The molecule has 29 heavy (non-hydrogen) atoms. The molecule has 0 radical (unpaired) electrons. The molecule has 0 saturated heterocycles. The molecule has 0 fully saturated rings. The number of nitrogens with zero attached hydrogens (tertiary/aromatic N) is 1. The third-order valence-corrected chi connectivity index (χ3v) is 5.48. The van der Waals surface area contributed by atoms with Crippen LogP contribution in [0.2, 0.25) is 0 Å². The van der Waals surface area contributed by atoms with Crippen molar-refractivity contribution in [2.75, 3.05) is 0 Å². The first-order valence-corrected chi connectivity index (χ1v) is 10.7. The van der Waals surface area contributed by atoms with Gasteiger partial charge in [0, 0.05) is 12.4 Å². The molecule has 0 aliphatic rings. The van der Waals surface area contributed by atoms with Gasteiger partial charge in [0.2, 0.25) is 0 Å². The van der Waals surface area contributed by atoms with Gasteiger partial charge in [0.15, 0.2) is 0 Å². The summed E-state index contributed by atoms with van der Waals surface area (Å²) in [7, 11) is -4.25. The smallest absolute Gasteiger partial charge is 0.294 e. The highest BCUT2D eigenvalue weighted by atomic mass is 32.2. The summed E-state index contributed by atoms with van der Waals surface area (Å²) in [6, 6.07) is 17.1. The molecule has 0 amide bonds. The maximum absolute atomic E-state index is 11.3.